The lowest BCUT2D eigenvalue weighted by molar-refractivity contribution is 0.0874. The normalized spacial score (nSPS) is 30.3. The van der Waals surface area contributed by atoms with Gasteiger partial charge in [0.2, 0.25) is 0 Å². The molecule has 4 heteroatoms. The summed E-state index contributed by atoms with van der Waals surface area (Å²) in [7, 11) is 3.62. The van der Waals surface area contributed by atoms with Gasteiger partial charge in [0.25, 0.3) is 0 Å². The van der Waals surface area contributed by atoms with Crippen molar-refractivity contribution >= 4 is 0 Å². The monoisotopic (exact) mass is 256 g/mol. The average Bonchev–Trinajstić information content (AvgIpc) is 2.97. The summed E-state index contributed by atoms with van der Waals surface area (Å²) >= 11 is 0. The quantitative estimate of drug-likeness (QED) is 0.683. The predicted octanol–water partition coefficient (Wildman–Crippen LogP) is 1.21. The van der Waals surface area contributed by atoms with E-state index in [0.717, 1.165) is 13.2 Å². The zero-order valence-corrected chi connectivity index (χ0v) is 11.9. The summed E-state index contributed by atoms with van der Waals surface area (Å²) in [6, 6.07) is 1.30. The second kappa shape index (κ2) is 7.43. The van der Waals surface area contributed by atoms with Gasteiger partial charge in [-0.1, -0.05) is 0 Å². The summed E-state index contributed by atoms with van der Waals surface area (Å²) < 4.78 is 10.6. The Morgan fingerprint density at radius 3 is 1.67 bits per heavy atom. The molecule has 18 heavy (non-hydrogen) atoms. The highest BCUT2D eigenvalue weighted by Crippen LogP contribution is 2.20. The Bertz CT molecular complexity index is 214. The molecule has 0 aliphatic carbocycles. The van der Waals surface area contributed by atoms with Gasteiger partial charge in [0.15, 0.2) is 0 Å². The van der Waals surface area contributed by atoms with Gasteiger partial charge in [-0.3, -0.25) is 9.80 Å². The average molecular weight is 256 g/mol. The molecule has 2 atom stereocenters. The third-order valence-electron chi connectivity index (χ3n) is 4.39. The van der Waals surface area contributed by atoms with Crippen LogP contribution in [0.25, 0.3) is 0 Å². The summed E-state index contributed by atoms with van der Waals surface area (Å²) in [6.07, 6.45) is 5.26. The highest BCUT2D eigenvalue weighted by molar-refractivity contribution is 4.83. The fourth-order valence-corrected chi connectivity index (χ4v) is 3.40. The van der Waals surface area contributed by atoms with E-state index in [9.17, 15) is 0 Å². The van der Waals surface area contributed by atoms with E-state index >= 15 is 0 Å². The molecule has 0 aromatic heterocycles. The van der Waals surface area contributed by atoms with Crippen molar-refractivity contribution in [3.63, 3.8) is 0 Å². The largest absolute Gasteiger partial charge is 0.383 e. The first-order valence-corrected chi connectivity index (χ1v) is 7.31. The van der Waals surface area contributed by atoms with E-state index in [0.29, 0.717) is 12.1 Å². The summed E-state index contributed by atoms with van der Waals surface area (Å²) in [4.78, 5) is 5.21. The Morgan fingerprint density at radius 1 is 0.833 bits per heavy atom. The van der Waals surface area contributed by atoms with E-state index in [1.54, 1.807) is 0 Å². The lowest BCUT2D eigenvalue weighted by Crippen LogP contribution is -2.42. The molecule has 0 aromatic carbocycles. The number of rotatable bonds is 7. The molecule has 0 radical (unpaired) electrons. The number of nitrogens with zero attached hydrogens (tertiary/aromatic N) is 2. The standard InChI is InChI=1S/C14H28N2O2/c1-17-11-13-5-3-7-15(13)9-10-16-8-4-6-14(16)12-18-2/h13-14H,3-12H2,1-2H3/t13-,14-/m0/s1. The van der Waals surface area contributed by atoms with E-state index in [2.05, 4.69) is 9.80 Å². The van der Waals surface area contributed by atoms with Gasteiger partial charge in [0.1, 0.15) is 0 Å². The third-order valence-corrected chi connectivity index (χ3v) is 4.39. The zero-order valence-electron chi connectivity index (χ0n) is 11.9. The molecule has 0 unspecified atom stereocenters. The smallest absolute Gasteiger partial charge is 0.0618 e. The number of hydrogen-bond acceptors (Lipinski definition) is 4. The molecule has 2 rings (SSSR count). The van der Waals surface area contributed by atoms with Gasteiger partial charge in [-0.2, -0.15) is 0 Å². The molecule has 0 bridgehead atoms. The van der Waals surface area contributed by atoms with Gasteiger partial charge in [-0.05, 0) is 38.8 Å². The molecule has 0 N–H and O–H groups in total. The van der Waals surface area contributed by atoms with Crippen molar-refractivity contribution in [2.45, 2.75) is 37.8 Å². The highest BCUT2D eigenvalue weighted by Gasteiger charge is 2.27. The fourth-order valence-electron chi connectivity index (χ4n) is 3.40. The first-order chi connectivity index (χ1) is 8.85. The minimum Gasteiger partial charge on any atom is -0.383 e. The van der Waals surface area contributed by atoms with Gasteiger partial charge in [-0.25, -0.2) is 0 Å². The molecule has 106 valence electrons. The minimum atomic E-state index is 0.651. The second-order valence-electron chi connectivity index (χ2n) is 5.57. The number of hydrogen-bond donors (Lipinski definition) is 0. The Kier molecular flexibility index (Phi) is 5.89. The van der Waals surface area contributed by atoms with Crippen molar-refractivity contribution in [1.29, 1.82) is 0 Å². The van der Waals surface area contributed by atoms with Crippen LogP contribution in [0.5, 0.6) is 0 Å². The van der Waals surface area contributed by atoms with Crippen LogP contribution >= 0.6 is 0 Å². The van der Waals surface area contributed by atoms with Crippen molar-refractivity contribution in [3.05, 3.63) is 0 Å². The van der Waals surface area contributed by atoms with Gasteiger partial charge < -0.3 is 9.47 Å². The number of likely N-dealkylation sites (tertiary alicyclic amines) is 2. The molecular formula is C14H28N2O2. The molecule has 2 aliphatic heterocycles. The first-order valence-electron chi connectivity index (χ1n) is 7.31. The maximum Gasteiger partial charge on any atom is 0.0618 e. The molecule has 2 heterocycles. The van der Waals surface area contributed by atoms with E-state index in [4.69, 9.17) is 9.47 Å². The minimum absolute atomic E-state index is 0.651. The van der Waals surface area contributed by atoms with Gasteiger partial charge in [-0.15, -0.1) is 0 Å². The van der Waals surface area contributed by atoms with E-state index in [1.807, 2.05) is 14.2 Å². The summed E-state index contributed by atoms with van der Waals surface area (Å²) in [5.41, 5.74) is 0. The molecule has 0 saturated carbocycles. The van der Waals surface area contributed by atoms with Gasteiger partial charge in [0, 0.05) is 39.4 Å². The molecule has 2 fully saturated rings. The van der Waals surface area contributed by atoms with Crippen molar-refractivity contribution in [2.75, 3.05) is 53.6 Å². The Balaban J connectivity index is 1.73. The van der Waals surface area contributed by atoms with Gasteiger partial charge >= 0.3 is 0 Å². The highest BCUT2D eigenvalue weighted by atomic mass is 16.5. The lowest BCUT2D eigenvalue weighted by Gasteiger charge is -2.29. The summed E-state index contributed by atoms with van der Waals surface area (Å²) in [5.74, 6) is 0. The van der Waals surface area contributed by atoms with Gasteiger partial charge in [0.05, 0.1) is 13.2 Å². The topological polar surface area (TPSA) is 24.9 Å². The predicted molar refractivity (Wildman–Crippen MR) is 72.9 cm³/mol. The number of ether oxygens (including phenoxy) is 2. The SMILES string of the molecule is COC[C@@H]1CCCN1CCN1CCC[C@H]1COC. The van der Waals surface area contributed by atoms with Crippen LogP contribution in [0.15, 0.2) is 0 Å². The summed E-state index contributed by atoms with van der Waals surface area (Å²) in [6.45, 7) is 6.65. The van der Waals surface area contributed by atoms with Crippen LogP contribution in [-0.2, 0) is 9.47 Å². The Hall–Kier alpha value is -0.160. The first kappa shape index (κ1) is 14.3. The van der Waals surface area contributed by atoms with Crippen molar-refractivity contribution in [3.8, 4) is 0 Å². The van der Waals surface area contributed by atoms with Crippen LogP contribution in [0.1, 0.15) is 25.7 Å². The molecular weight excluding hydrogens is 228 g/mol. The summed E-state index contributed by atoms with van der Waals surface area (Å²) in [5, 5.41) is 0. The molecule has 2 saturated heterocycles. The second-order valence-corrected chi connectivity index (χ2v) is 5.57. The maximum atomic E-state index is 5.31. The Morgan fingerprint density at radius 2 is 1.28 bits per heavy atom. The molecule has 4 nitrogen and oxygen atoms in total. The number of methoxy groups -OCH3 is 2. The van der Waals surface area contributed by atoms with Crippen LogP contribution in [0.4, 0.5) is 0 Å². The van der Waals surface area contributed by atoms with E-state index in [-0.39, 0.29) is 0 Å². The molecule has 2 aliphatic rings. The molecule has 0 aromatic rings. The maximum absolute atomic E-state index is 5.31. The lowest BCUT2D eigenvalue weighted by atomic mass is 10.2. The van der Waals surface area contributed by atoms with Crippen LogP contribution < -0.4 is 0 Å². The molecule has 0 amide bonds. The van der Waals surface area contributed by atoms with Crippen molar-refractivity contribution < 1.29 is 9.47 Å². The van der Waals surface area contributed by atoms with Crippen LogP contribution in [0, 0.1) is 0 Å². The molecule has 0 spiro atoms. The van der Waals surface area contributed by atoms with Crippen LogP contribution in [0.3, 0.4) is 0 Å². The van der Waals surface area contributed by atoms with Crippen LogP contribution in [-0.4, -0.2) is 75.5 Å². The Labute approximate surface area is 111 Å². The van der Waals surface area contributed by atoms with Crippen LogP contribution in [0.2, 0.25) is 0 Å². The third kappa shape index (κ3) is 3.67. The van der Waals surface area contributed by atoms with Crippen molar-refractivity contribution in [2.24, 2.45) is 0 Å². The van der Waals surface area contributed by atoms with E-state index in [1.165, 1.54) is 51.9 Å². The zero-order chi connectivity index (χ0) is 12.8. The van der Waals surface area contributed by atoms with Crippen molar-refractivity contribution in [1.82, 2.24) is 9.80 Å². The fraction of sp³-hybridized carbons (Fsp3) is 1.00. The van der Waals surface area contributed by atoms with E-state index < -0.39 is 0 Å².